The molecule has 0 saturated heterocycles. The first kappa shape index (κ1) is 97.7. The van der Waals surface area contributed by atoms with Crippen LogP contribution < -0.4 is 59.7 Å². The first-order valence-corrected chi connectivity index (χ1v) is 42.4. The highest BCUT2D eigenvalue weighted by Crippen LogP contribution is 2.49. The van der Waals surface area contributed by atoms with E-state index in [9.17, 15) is 58.2 Å². The summed E-state index contributed by atoms with van der Waals surface area (Å²) in [6, 6.07) is 18.2. The number of nitrogens with two attached hydrogens (primary N) is 3. The maximum absolute atomic E-state index is 15.4. The molecule has 9 amide bonds. The Morgan fingerprint density at radius 2 is 1.27 bits per heavy atom. The fraction of sp³-hybridized carbons (Fsp3) is 0.467. The molecule has 16 N–H and O–H groups in total. The summed E-state index contributed by atoms with van der Waals surface area (Å²) in [6.07, 6.45) is 11.6. The van der Waals surface area contributed by atoms with E-state index in [0.717, 1.165) is 6.08 Å². The van der Waals surface area contributed by atoms with Crippen molar-refractivity contribution in [2.45, 2.75) is 183 Å². The number of fused-ring (bicyclic) bond motifs is 1. The van der Waals surface area contributed by atoms with Crippen LogP contribution in [0, 0.1) is 46.8 Å². The van der Waals surface area contributed by atoms with Gasteiger partial charge < -0.3 is 74.8 Å². The first-order chi connectivity index (χ1) is 58.3. The van der Waals surface area contributed by atoms with Gasteiger partial charge in [-0.2, -0.15) is 9.78 Å². The highest BCUT2D eigenvalue weighted by molar-refractivity contribution is 7.99. The van der Waals surface area contributed by atoms with Crippen LogP contribution in [0.3, 0.4) is 0 Å². The molecule has 0 aliphatic heterocycles. The van der Waals surface area contributed by atoms with E-state index < -0.39 is 142 Å². The normalized spacial score (nSPS) is 16.4. The number of aliphatic hydroxyl groups excluding tert-OH is 1. The fourth-order valence-electron chi connectivity index (χ4n) is 14.5. The molecule has 5 aromatic rings. The van der Waals surface area contributed by atoms with E-state index in [-0.39, 0.29) is 159 Å². The highest BCUT2D eigenvalue weighted by atomic mass is 32.2. The van der Waals surface area contributed by atoms with Crippen molar-refractivity contribution in [3.63, 3.8) is 0 Å². The third-order valence-electron chi connectivity index (χ3n) is 22.0. The summed E-state index contributed by atoms with van der Waals surface area (Å²) >= 11 is 1.29. The van der Waals surface area contributed by atoms with Crippen molar-refractivity contribution in [3.05, 3.63) is 170 Å². The molecule has 2 heterocycles. The summed E-state index contributed by atoms with van der Waals surface area (Å²) in [7, 11) is 1.53. The van der Waals surface area contributed by atoms with Crippen LogP contribution in [0.2, 0.25) is 0 Å². The van der Waals surface area contributed by atoms with Crippen molar-refractivity contribution < 1.29 is 77.3 Å². The number of rotatable bonds is 55. The number of carboxylic acids is 1. The Labute approximate surface area is 716 Å². The number of aliphatic carboxylic acids is 1. The van der Waals surface area contributed by atoms with Gasteiger partial charge >= 0.3 is 12.0 Å². The molecule has 2 aliphatic rings. The summed E-state index contributed by atoms with van der Waals surface area (Å²) in [4.78, 5) is 203. The van der Waals surface area contributed by atoms with Crippen LogP contribution in [-0.2, 0) is 64.0 Å². The summed E-state index contributed by atoms with van der Waals surface area (Å²) < 4.78 is 1.21. The van der Waals surface area contributed by atoms with Crippen LogP contribution >= 0.6 is 11.8 Å². The number of aromatic nitrogens is 3. The fourth-order valence-corrected chi connectivity index (χ4v) is 15.4. The van der Waals surface area contributed by atoms with Gasteiger partial charge in [0.05, 0.1) is 57.9 Å². The molecule has 7 rings (SSSR count). The SMILES string of the molecule is C=CCC[C@H](NC(=O)CC1C[C@@H]1CC(=O)CCN(CCNC(=O)CC[C@H](N)C(=O)O)C(=O)n1nc(/C=C/c2ccccn2)c2ccc(Sc3ccccc3C(=O)NC)cc21)C(=O)N[C@@H](CCNC(=O)[C@@H](C)[C@@H](C)O)C(=O)N[C@@H](CCC=C)C(=O)N[C@H](Cc1ccccc1)C(=O)C(C)[C@@H](CC(C)C)C(=O)C1([C@@H](CCN)C(=O)N[C@@H](CCN)C(=O)C=C)C=C1. The van der Waals surface area contributed by atoms with E-state index in [1.165, 1.54) is 54.4 Å². The molecule has 0 radical (unpaired) electrons. The van der Waals surface area contributed by atoms with Crippen molar-refractivity contribution in [1.82, 2.24) is 62.2 Å². The molecule has 656 valence electrons. The number of pyridine rings is 1. The lowest BCUT2D eigenvalue weighted by Gasteiger charge is -2.34. The number of carboxylic acid groups (broad SMARTS) is 1. The predicted molar refractivity (Wildman–Crippen MR) is 464 cm³/mol. The van der Waals surface area contributed by atoms with Gasteiger partial charge in [-0.05, 0) is 175 Å². The Kier molecular flexibility index (Phi) is 38.6. The minimum Gasteiger partial charge on any atom is -0.480 e. The van der Waals surface area contributed by atoms with E-state index in [0.29, 0.717) is 49.6 Å². The number of benzene rings is 3. The Balaban J connectivity index is 1.07. The van der Waals surface area contributed by atoms with Crippen molar-refractivity contribution in [2.75, 3.05) is 46.3 Å². The topological polar surface area (TPSA) is 488 Å². The third-order valence-corrected chi connectivity index (χ3v) is 23.0. The van der Waals surface area contributed by atoms with Crippen LogP contribution in [-0.4, -0.2) is 201 Å². The number of Topliss-reactive ketones (excluding diaryl/α,β-unsaturated/α-hetero) is 3. The Morgan fingerprint density at radius 1 is 0.648 bits per heavy atom. The monoisotopic (exact) mass is 1700 g/mol. The lowest BCUT2D eigenvalue weighted by Crippen LogP contribution is -2.58. The average Bonchev–Trinajstić information content (AvgIpc) is 1.59. The number of carbonyl (C=O) groups excluding carboxylic acids is 13. The number of nitrogens with zero attached hydrogens (tertiary/aromatic N) is 4. The Bertz CT molecular complexity index is 4600. The minimum atomic E-state index is -1.50. The third kappa shape index (κ3) is 28.9. The van der Waals surface area contributed by atoms with Crippen LogP contribution in [0.1, 0.15) is 152 Å². The Morgan fingerprint density at radius 3 is 1.88 bits per heavy atom. The quantitative estimate of drug-likeness (QED) is 0.0151. The number of amides is 9. The van der Waals surface area contributed by atoms with E-state index in [1.54, 1.807) is 116 Å². The standard InChI is InChI=1S/C90H119N15O16S/c1-10-13-26-71(98-79(110)52-60-50-59(60)51-62(107)38-46-104(47-45-96-78(109)34-32-68(93)88(119)120)89(121)105-75-53-63(122-77-28-19-18-25-65(77)83(114)94-9)30-31-64(75)69(103-105)33-29-61-24-20-21-43-95-61)85(116)101-73(37-44-97-82(113)55(6)57(8)106)87(118)100-72(27-14-11-2)86(117)102-74(49-58-22-16-15-17-23-58)80(111)56(7)66(48-54(4)5)81(112)90(39-40-90)67(35-41-91)84(115)99-70(36-42-92)76(108)12-3/h10-12,15-25,28-31,33,39-40,43,53-57,59-60,66-68,70-74,106H,1-3,13-14,26-27,32,34-38,41-42,44-52,91-93H2,4-9H3,(H,94,114)(H,96,109)(H,97,113)(H,98,110)(H,99,115)(H,100,118)(H,101,116)(H,102,117)(H,119,120)/b33-29+/t55-,56?,57+,59+,60?,66+,67-,68-,70-,71-,72-,73-,74+/m0/s1. The van der Waals surface area contributed by atoms with Gasteiger partial charge in [0.25, 0.3) is 5.91 Å². The number of ketones is 4. The van der Waals surface area contributed by atoms with Gasteiger partial charge in [0.1, 0.15) is 30.0 Å². The second-order valence-corrected chi connectivity index (χ2v) is 32.7. The van der Waals surface area contributed by atoms with E-state index in [4.69, 9.17) is 22.3 Å². The van der Waals surface area contributed by atoms with Crippen molar-refractivity contribution in [3.8, 4) is 0 Å². The number of nitrogens with one attached hydrogen (secondary N) is 8. The first-order valence-electron chi connectivity index (χ1n) is 41.6. The average molecular weight is 1700 g/mol. The Hall–Kier alpha value is -11.5. The van der Waals surface area contributed by atoms with E-state index in [2.05, 4.69) is 67.3 Å². The highest BCUT2D eigenvalue weighted by Gasteiger charge is 2.55. The molecule has 0 spiro atoms. The van der Waals surface area contributed by atoms with Crippen LogP contribution in [0.4, 0.5) is 4.79 Å². The van der Waals surface area contributed by atoms with E-state index >= 15 is 19.2 Å². The zero-order valence-electron chi connectivity index (χ0n) is 70.4. The molecule has 32 heteroatoms. The van der Waals surface area contributed by atoms with Crippen molar-refractivity contribution in [1.29, 1.82) is 0 Å². The lowest BCUT2D eigenvalue weighted by molar-refractivity contribution is -0.141. The molecule has 3 aromatic carbocycles. The van der Waals surface area contributed by atoms with Crippen molar-refractivity contribution in [2.24, 2.45) is 64.0 Å². The predicted octanol–water partition coefficient (Wildman–Crippen LogP) is 6.25. The second kappa shape index (κ2) is 48.3. The number of carbonyl (C=O) groups is 14. The van der Waals surface area contributed by atoms with Gasteiger partial charge in [0, 0.05) is 92.1 Å². The maximum Gasteiger partial charge on any atom is 0.345 e. The zero-order valence-corrected chi connectivity index (χ0v) is 71.2. The van der Waals surface area contributed by atoms with Crippen LogP contribution in [0.25, 0.3) is 23.1 Å². The molecule has 1 fully saturated rings. The number of aliphatic hydroxyl groups is 1. The van der Waals surface area contributed by atoms with E-state index in [1.807, 2.05) is 26.0 Å². The molecular weight excluding hydrogens is 1580 g/mol. The van der Waals surface area contributed by atoms with Gasteiger partial charge in [-0.15, -0.1) is 13.2 Å². The summed E-state index contributed by atoms with van der Waals surface area (Å²) in [5.74, 6) is -12.7. The van der Waals surface area contributed by atoms with Crippen molar-refractivity contribution >= 4 is 117 Å². The number of allylic oxidation sites excluding steroid dienone is 4. The molecule has 2 unspecified atom stereocenters. The molecule has 2 aliphatic carbocycles. The van der Waals surface area contributed by atoms with Gasteiger partial charge in [-0.3, -0.25) is 67.3 Å². The van der Waals surface area contributed by atoms with Crippen LogP contribution in [0.5, 0.6) is 0 Å². The molecule has 31 nitrogen and oxygen atoms in total. The van der Waals surface area contributed by atoms with Gasteiger partial charge in [-0.1, -0.05) is 119 Å². The molecule has 13 atom stereocenters. The summed E-state index contributed by atoms with van der Waals surface area (Å²) in [6.45, 7) is 19.0. The molecule has 1 saturated carbocycles. The zero-order chi connectivity index (χ0) is 89.3. The molecular formula is C90H119N15O16S. The largest absolute Gasteiger partial charge is 0.480 e. The minimum absolute atomic E-state index is 0.00191. The number of hydrogen-bond donors (Lipinski definition) is 13. The number of hydrogen-bond acceptors (Lipinski definition) is 21. The second-order valence-electron chi connectivity index (χ2n) is 31.6. The molecule has 122 heavy (non-hydrogen) atoms. The van der Waals surface area contributed by atoms with Crippen LogP contribution in [0.15, 0.2) is 157 Å². The summed E-state index contributed by atoms with van der Waals surface area (Å²) in [5, 5.41) is 47.0. The summed E-state index contributed by atoms with van der Waals surface area (Å²) in [5.41, 5.74) is 18.6. The molecule has 2 aromatic heterocycles. The van der Waals surface area contributed by atoms with Gasteiger partial charge in [-0.25, -0.2) is 4.79 Å². The molecule has 0 bridgehead atoms. The van der Waals surface area contributed by atoms with Gasteiger partial charge in [0.2, 0.25) is 41.4 Å². The maximum atomic E-state index is 15.4. The smallest absolute Gasteiger partial charge is 0.345 e. The van der Waals surface area contributed by atoms with Gasteiger partial charge in [0.15, 0.2) is 17.3 Å². The lowest BCUT2D eigenvalue weighted by atomic mass is 9.69.